The van der Waals surface area contributed by atoms with E-state index in [1.54, 1.807) is 19.1 Å². The lowest BCUT2D eigenvalue weighted by atomic mass is 10.2. The molecule has 0 heterocycles. The number of aliphatic hydroxyl groups excluding tert-OH is 1. The summed E-state index contributed by atoms with van der Waals surface area (Å²) >= 11 is 0. The average molecular weight is 214 g/mol. The van der Waals surface area contributed by atoms with E-state index in [-0.39, 0.29) is 19.0 Å². The summed E-state index contributed by atoms with van der Waals surface area (Å²) in [6, 6.07) is 4.60. The molecule has 0 saturated heterocycles. The Labute approximate surface area is 88.4 Å². The third kappa shape index (κ3) is 3.85. The first-order valence-corrected chi connectivity index (χ1v) is 4.69. The Morgan fingerprint density at radius 3 is 2.73 bits per heavy atom. The van der Waals surface area contributed by atoms with Gasteiger partial charge in [-0.3, -0.25) is 0 Å². The molecule has 15 heavy (non-hydrogen) atoms. The van der Waals surface area contributed by atoms with Gasteiger partial charge in [-0.15, -0.1) is 0 Å². The summed E-state index contributed by atoms with van der Waals surface area (Å²) in [6.45, 7) is 1.98. The minimum Gasteiger partial charge on any atom is -0.491 e. The zero-order valence-corrected chi connectivity index (χ0v) is 8.87. The molecule has 0 aliphatic heterocycles. The highest BCUT2D eigenvalue weighted by Gasteiger charge is 2.05. The third-order valence-corrected chi connectivity index (χ3v) is 1.94. The number of hydrogen-bond donors (Lipinski definition) is 1. The van der Waals surface area contributed by atoms with Gasteiger partial charge < -0.3 is 14.6 Å². The van der Waals surface area contributed by atoms with Crippen LogP contribution in [0.1, 0.15) is 5.56 Å². The predicted molar refractivity (Wildman–Crippen MR) is 54.5 cm³/mol. The number of benzene rings is 1. The largest absolute Gasteiger partial charge is 0.491 e. The van der Waals surface area contributed by atoms with E-state index in [2.05, 4.69) is 0 Å². The van der Waals surface area contributed by atoms with Gasteiger partial charge in [-0.1, -0.05) is 6.07 Å². The molecule has 1 atom stereocenters. The Kier molecular flexibility index (Phi) is 4.52. The SMILES string of the molecule is COCC(O)COc1ccc(C)c(F)c1. The highest BCUT2D eigenvalue weighted by molar-refractivity contribution is 5.27. The maximum absolute atomic E-state index is 13.1. The molecule has 0 aliphatic rings. The first kappa shape index (κ1) is 11.9. The van der Waals surface area contributed by atoms with Crippen molar-refractivity contribution in [1.82, 2.24) is 0 Å². The van der Waals surface area contributed by atoms with Crippen LogP contribution in [0.5, 0.6) is 5.75 Å². The number of ether oxygens (including phenoxy) is 2. The zero-order valence-electron chi connectivity index (χ0n) is 8.87. The molecule has 84 valence electrons. The number of aliphatic hydroxyl groups is 1. The van der Waals surface area contributed by atoms with Crippen LogP contribution in [0.15, 0.2) is 18.2 Å². The summed E-state index contributed by atoms with van der Waals surface area (Å²) < 4.78 is 23.0. The van der Waals surface area contributed by atoms with Gasteiger partial charge in [0.2, 0.25) is 0 Å². The van der Waals surface area contributed by atoms with Crippen LogP contribution in [-0.2, 0) is 4.74 Å². The van der Waals surface area contributed by atoms with Crippen molar-refractivity contribution in [3.05, 3.63) is 29.6 Å². The fourth-order valence-electron chi connectivity index (χ4n) is 1.10. The van der Waals surface area contributed by atoms with Gasteiger partial charge in [-0.2, -0.15) is 0 Å². The summed E-state index contributed by atoms with van der Waals surface area (Å²) in [7, 11) is 1.49. The Morgan fingerprint density at radius 1 is 1.40 bits per heavy atom. The lowest BCUT2D eigenvalue weighted by molar-refractivity contribution is 0.0325. The van der Waals surface area contributed by atoms with E-state index in [0.717, 1.165) is 0 Å². The van der Waals surface area contributed by atoms with Gasteiger partial charge in [-0.25, -0.2) is 4.39 Å². The van der Waals surface area contributed by atoms with E-state index in [0.29, 0.717) is 11.3 Å². The molecule has 0 spiro atoms. The zero-order chi connectivity index (χ0) is 11.3. The van der Waals surface area contributed by atoms with Gasteiger partial charge in [-0.05, 0) is 18.6 Å². The van der Waals surface area contributed by atoms with Crippen LogP contribution < -0.4 is 4.74 Å². The molecule has 0 saturated carbocycles. The van der Waals surface area contributed by atoms with E-state index in [1.165, 1.54) is 13.2 Å². The molecule has 0 bridgehead atoms. The van der Waals surface area contributed by atoms with Crippen molar-refractivity contribution in [1.29, 1.82) is 0 Å². The molecular formula is C11H15FO3. The molecular weight excluding hydrogens is 199 g/mol. The lowest BCUT2D eigenvalue weighted by Gasteiger charge is -2.11. The minimum atomic E-state index is -0.695. The van der Waals surface area contributed by atoms with Crippen molar-refractivity contribution in [2.24, 2.45) is 0 Å². The van der Waals surface area contributed by atoms with Gasteiger partial charge in [0, 0.05) is 13.2 Å². The van der Waals surface area contributed by atoms with Crippen molar-refractivity contribution in [3.63, 3.8) is 0 Å². The van der Waals surface area contributed by atoms with Gasteiger partial charge in [0.15, 0.2) is 0 Å². The average Bonchev–Trinajstić information content (AvgIpc) is 2.20. The highest BCUT2D eigenvalue weighted by Crippen LogP contribution is 2.15. The van der Waals surface area contributed by atoms with Crippen LogP contribution in [0.25, 0.3) is 0 Å². The molecule has 1 aromatic rings. The molecule has 1 aromatic carbocycles. The van der Waals surface area contributed by atoms with Crippen molar-refractivity contribution in [2.75, 3.05) is 20.3 Å². The first-order valence-electron chi connectivity index (χ1n) is 4.69. The number of rotatable bonds is 5. The van der Waals surface area contributed by atoms with Crippen LogP contribution in [0.4, 0.5) is 4.39 Å². The Hall–Kier alpha value is -1.13. The van der Waals surface area contributed by atoms with Gasteiger partial charge in [0.1, 0.15) is 24.3 Å². The number of aryl methyl sites for hydroxylation is 1. The number of halogens is 1. The number of methoxy groups -OCH3 is 1. The van der Waals surface area contributed by atoms with Crippen molar-refractivity contribution in [2.45, 2.75) is 13.0 Å². The highest BCUT2D eigenvalue weighted by atomic mass is 19.1. The number of hydrogen-bond acceptors (Lipinski definition) is 3. The monoisotopic (exact) mass is 214 g/mol. The Bertz CT molecular complexity index is 315. The molecule has 4 heteroatoms. The van der Waals surface area contributed by atoms with Crippen molar-refractivity contribution >= 4 is 0 Å². The normalized spacial score (nSPS) is 12.5. The molecule has 0 radical (unpaired) electrons. The topological polar surface area (TPSA) is 38.7 Å². The second-order valence-corrected chi connectivity index (χ2v) is 3.33. The third-order valence-electron chi connectivity index (χ3n) is 1.94. The van der Waals surface area contributed by atoms with Crippen molar-refractivity contribution < 1.29 is 19.0 Å². The van der Waals surface area contributed by atoms with E-state index >= 15 is 0 Å². The smallest absolute Gasteiger partial charge is 0.129 e. The quantitative estimate of drug-likeness (QED) is 0.807. The molecule has 0 aliphatic carbocycles. The van der Waals surface area contributed by atoms with Gasteiger partial charge in [0.05, 0.1) is 6.61 Å². The van der Waals surface area contributed by atoms with E-state index in [9.17, 15) is 9.50 Å². The second-order valence-electron chi connectivity index (χ2n) is 3.33. The van der Waals surface area contributed by atoms with Gasteiger partial charge >= 0.3 is 0 Å². The predicted octanol–water partition coefficient (Wildman–Crippen LogP) is 1.52. The summed E-state index contributed by atoms with van der Waals surface area (Å²) in [5.41, 5.74) is 0.569. The lowest BCUT2D eigenvalue weighted by Crippen LogP contribution is -2.22. The first-order chi connectivity index (χ1) is 7.13. The maximum atomic E-state index is 13.1. The van der Waals surface area contributed by atoms with Gasteiger partial charge in [0.25, 0.3) is 0 Å². The van der Waals surface area contributed by atoms with Crippen LogP contribution in [-0.4, -0.2) is 31.5 Å². The van der Waals surface area contributed by atoms with Crippen molar-refractivity contribution in [3.8, 4) is 5.75 Å². The van der Waals surface area contributed by atoms with Crippen LogP contribution >= 0.6 is 0 Å². The molecule has 1 rings (SSSR count). The summed E-state index contributed by atoms with van der Waals surface area (Å²) in [5.74, 6) is 0.0991. The molecule has 1 unspecified atom stereocenters. The maximum Gasteiger partial charge on any atom is 0.129 e. The summed E-state index contributed by atoms with van der Waals surface area (Å²) in [6.07, 6.45) is -0.695. The standard InChI is InChI=1S/C11H15FO3/c1-8-3-4-10(5-11(8)12)15-7-9(13)6-14-2/h3-5,9,13H,6-7H2,1-2H3. The van der Waals surface area contributed by atoms with Crippen LogP contribution in [0.2, 0.25) is 0 Å². The molecule has 0 amide bonds. The van der Waals surface area contributed by atoms with Crippen LogP contribution in [0, 0.1) is 12.7 Å². The van der Waals surface area contributed by atoms with E-state index < -0.39 is 6.10 Å². The second kappa shape index (κ2) is 5.68. The van der Waals surface area contributed by atoms with E-state index in [1.807, 2.05) is 0 Å². The fourth-order valence-corrected chi connectivity index (χ4v) is 1.10. The Balaban J connectivity index is 2.47. The summed E-state index contributed by atoms with van der Waals surface area (Å²) in [5, 5.41) is 9.29. The van der Waals surface area contributed by atoms with Crippen LogP contribution in [0.3, 0.4) is 0 Å². The minimum absolute atomic E-state index is 0.0936. The molecule has 1 N–H and O–H groups in total. The molecule has 3 nitrogen and oxygen atoms in total. The Morgan fingerprint density at radius 2 is 2.13 bits per heavy atom. The fraction of sp³-hybridized carbons (Fsp3) is 0.455. The van der Waals surface area contributed by atoms with E-state index in [4.69, 9.17) is 9.47 Å². The summed E-state index contributed by atoms with van der Waals surface area (Å²) in [4.78, 5) is 0. The molecule has 0 fully saturated rings. The molecule has 0 aromatic heterocycles.